The molecule has 1 N–H and O–H groups in total. The molecule has 4 heterocycles. The number of hydrogen-bond donors (Lipinski definition) is 1. The van der Waals surface area contributed by atoms with Gasteiger partial charge in [-0.2, -0.15) is 5.10 Å². The molecular weight excluding hydrogens is 433 g/mol. The number of alkyl halides is 1. The van der Waals surface area contributed by atoms with Crippen molar-refractivity contribution in [3.8, 4) is 0 Å². The van der Waals surface area contributed by atoms with Crippen LogP contribution in [0.25, 0.3) is 0 Å². The number of amides is 2. The standard InChI is InChI=1S/C23H21ClFN5O2/c24-16-6-4-15(5-7-16)23(25)8-11-29(12-9-23)22(32)20-17-13-30(14-19(17)27-28-20)21(31)18-3-1-2-10-26-18/h1-7,10H,8-9,11-14H2,(H,27,28). The van der Waals surface area contributed by atoms with Crippen LogP contribution in [0.1, 0.15) is 50.6 Å². The highest BCUT2D eigenvalue weighted by atomic mass is 35.5. The van der Waals surface area contributed by atoms with Crippen molar-refractivity contribution in [3.05, 3.63) is 81.9 Å². The van der Waals surface area contributed by atoms with Crippen LogP contribution in [0.3, 0.4) is 0 Å². The number of benzene rings is 1. The number of piperidine rings is 1. The molecule has 0 aliphatic carbocycles. The lowest BCUT2D eigenvalue weighted by molar-refractivity contribution is 0.0415. The van der Waals surface area contributed by atoms with Crippen molar-refractivity contribution in [1.82, 2.24) is 25.0 Å². The van der Waals surface area contributed by atoms with Gasteiger partial charge in [0.25, 0.3) is 11.8 Å². The highest BCUT2D eigenvalue weighted by Crippen LogP contribution is 2.38. The zero-order valence-electron chi connectivity index (χ0n) is 17.2. The number of carbonyl (C=O) groups is 2. The summed E-state index contributed by atoms with van der Waals surface area (Å²) < 4.78 is 15.5. The number of carbonyl (C=O) groups excluding carboxylic acids is 2. The molecular formula is C23H21ClFN5O2. The van der Waals surface area contributed by atoms with Gasteiger partial charge in [0.2, 0.25) is 0 Å². The molecule has 3 aromatic rings. The van der Waals surface area contributed by atoms with Gasteiger partial charge >= 0.3 is 0 Å². The van der Waals surface area contributed by atoms with Crippen LogP contribution in [-0.2, 0) is 18.8 Å². The van der Waals surface area contributed by atoms with Gasteiger partial charge in [-0.1, -0.05) is 29.8 Å². The number of hydrogen-bond acceptors (Lipinski definition) is 4. The Hall–Kier alpha value is -3.26. The number of likely N-dealkylation sites (tertiary alicyclic amines) is 1. The maximum absolute atomic E-state index is 15.5. The van der Waals surface area contributed by atoms with Gasteiger partial charge in [-0.3, -0.25) is 19.7 Å². The average Bonchev–Trinajstić information content (AvgIpc) is 3.41. The van der Waals surface area contributed by atoms with Crippen molar-refractivity contribution in [1.29, 1.82) is 0 Å². The first-order valence-corrected chi connectivity index (χ1v) is 10.8. The summed E-state index contributed by atoms with van der Waals surface area (Å²) in [6.45, 7) is 1.20. The number of rotatable bonds is 3. The third-order valence-corrected chi connectivity index (χ3v) is 6.48. The molecule has 2 aliphatic heterocycles. The summed E-state index contributed by atoms with van der Waals surface area (Å²) in [5.74, 6) is -0.440. The summed E-state index contributed by atoms with van der Waals surface area (Å²) in [4.78, 5) is 33.2. The fraction of sp³-hybridized carbons (Fsp3) is 0.304. The largest absolute Gasteiger partial charge is 0.337 e. The first-order chi connectivity index (χ1) is 15.4. The van der Waals surface area contributed by atoms with Crippen molar-refractivity contribution in [2.24, 2.45) is 0 Å². The maximum atomic E-state index is 15.5. The molecule has 1 fully saturated rings. The Morgan fingerprint density at radius 1 is 1.00 bits per heavy atom. The van der Waals surface area contributed by atoms with Gasteiger partial charge in [-0.05, 0) is 29.8 Å². The molecule has 164 valence electrons. The Balaban J connectivity index is 1.27. The zero-order valence-corrected chi connectivity index (χ0v) is 18.0. The summed E-state index contributed by atoms with van der Waals surface area (Å²) in [5, 5.41) is 7.66. The lowest BCUT2D eigenvalue weighted by atomic mass is 9.86. The number of nitrogens with one attached hydrogen (secondary N) is 1. The van der Waals surface area contributed by atoms with Crippen LogP contribution in [0, 0.1) is 0 Å². The second-order valence-electron chi connectivity index (χ2n) is 8.17. The van der Waals surface area contributed by atoms with E-state index in [4.69, 9.17) is 11.6 Å². The molecule has 0 saturated carbocycles. The van der Waals surface area contributed by atoms with Crippen LogP contribution in [0.2, 0.25) is 5.02 Å². The lowest BCUT2D eigenvalue weighted by Gasteiger charge is -2.36. The van der Waals surface area contributed by atoms with E-state index in [9.17, 15) is 9.59 Å². The Morgan fingerprint density at radius 3 is 2.44 bits per heavy atom. The minimum Gasteiger partial charge on any atom is -0.337 e. The molecule has 2 aromatic heterocycles. The average molecular weight is 454 g/mol. The topological polar surface area (TPSA) is 82.2 Å². The Morgan fingerprint density at radius 2 is 1.75 bits per heavy atom. The highest BCUT2D eigenvalue weighted by molar-refractivity contribution is 6.30. The molecule has 2 aliphatic rings. The molecule has 0 unspecified atom stereocenters. The first-order valence-electron chi connectivity index (χ1n) is 10.5. The van der Waals surface area contributed by atoms with E-state index < -0.39 is 5.67 Å². The molecule has 0 radical (unpaired) electrons. The van der Waals surface area contributed by atoms with E-state index in [2.05, 4.69) is 15.2 Å². The quantitative estimate of drug-likeness (QED) is 0.655. The summed E-state index contributed by atoms with van der Waals surface area (Å²) in [5.41, 5.74) is 1.22. The lowest BCUT2D eigenvalue weighted by Crippen LogP contribution is -2.43. The van der Waals surface area contributed by atoms with E-state index in [1.165, 1.54) is 0 Å². The predicted molar refractivity (Wildman–Crippen MR) is 116 cm³/mol. The summed E-state index contributed by atoms with van der Waals surface area (Å²) >= 11 is 5.92. The van der Waals surface area contributed by atoms with Gasteiger partial charge < -0.3 is 9.80 Å². The third-order valence-electron chi connectivity index (χ3n) is 6.23. The molecule has 0 spiro atoms. The molecule has 1 saturated heterocycles. The van der Waals surface area contributed by atoms with E-state index in [1.807, 2.05) is 0 Å². The van der Waals surface area contributed by atoms with Crippen LogP contribution >= 0.6 is 11.6 Å². The van der Waals surface area contributed by atoms with Crippen LogP contribution < -0.4 is 0 Å². The van der Waals surface area contributed by atoms with Crippen molar-refractivity contribution in [2.45, 2.75) is 31.6 Å². The zero-order chi connectivity index (χ0) is 22.3. The Kier molecular flexibility index (Phi) is 5.17. The number of pyridine rings is 1. The van der Waals surface area contributed by atoms with E-state index in [0.29, 0.717) is 34.1 Å². The van der Waals surface area contributed by atoms with E-state index in [0.717, 1.165) is 5.69 Å². The van der Waals surface area contributed by atoms with Gasteiger partial charge in [0.15, 0.2) is 5.69 Å². The Bertz CT molecular complexity index is 1160. The number of H-pyrrole nitrogens is 1. The van der Waals surface area contributed by atoms with E-state index in [1.54, 1.807) is 58.5 Å². The first kappa shape index (κ1) is 20.6. The molecule has 0 bridgehead atoms. The van der Waals surface area contributed by atoms with Crippen molar-refractivity contribution >= 4 is 23.4 Å². The maximum Gasteiger partial charge on any atom is 0.274 e. The van der Waals surface area contributed by atoms with Crippen molar-refractivity contribution < 1.29 is 14.0 Å². The van der Waals surface area contributed by atoms with Crippen LogP contribution in [0.15, 0.2) is 48.7 Å². The minimum absolute atomic E-state index is 0.197. The number of halogens is 2. The molecule has 1 aromatic carbocycles. The molecule has 5 rings (SSSR count). The second kappa shape index (κ2) is 8.02. The van der Waals surface area contributed by atoms with Crippen molar-refractivity contribution in [3.63, 3.8) is 0 Å². The van der Waals surface area contributed by atoms with Crippen LogP contribution in [-0.4, -0.2) is 49.9 Å². The smallest absolute Gasteiger partial charge is 0.274 e. The molecule has 2 amide bonds. The highest BCUT2D eigenvalue weighted by Gasteiger charge is 2.39. The van der Waals surface area contributed by atoms with Gasteiger partial charge in [-0.15, -0.1) is 0 Å². The van der Waals surface area contributed by atoms with Gasteiger partial charge in [0.1, 0.15) is 11.4 Å². The van der Waals surface area contributed by atoms with Crippen LogP contribution in [0.4, 0.5) is 4.39 Å². The monoisotopic (exact) mass is 453 g/mol. The van der Waals surface area contributed by atoms with E-state index >= 15 is 4.39 Å². The Labute approximate surface area is 189 Å². The molecule has 0 atom stereocenters. The summed E-state index contributed by atoms with van der Waals surface area (Å²) in [6.07, 6.45) is 1.99. The molecule has 32 heavy (non-hydrogen) atoms. The number of fused-ring (bicyclic) bond motifs is 1. The predicted octanol–water partition coefficient (Wildman–Crippen LogP) is 3.72. The minimum atomic E-state index is -1.49. The fourth-order valence-corrected chi connectivity index (χ4v) is 4.49. The van der Waals surface area contributed by atoms with Crippen LogP contribution in [0.5, 0.6) is 0 Å². The summed E-state index contributed by atoms with van der Waals surface area (Å²) in [6, 6.07) is 11.9. The normalized spacial score (nSPS) is 17.3. The van der Waals surface area contributed by atoms with Gasteiger partial charge in [-0.25, -0.2) is 4.39 Å². The second-order valence-corrected chi connectivity index (χ2v) is 8.61. The van der Waals surface area contributed by atoms with Crippen molar-refractivity contribution in [2.75, 3.05) is 13.1 Å². The third kappa shape index (κ3) is 3.64. The summed E-state index contributed by atoms with van der Waals surface area (Å²) in [7, 11) is 0. The number of aromatic amines is 1. The fourth-order valence-electron chi connectivity index (χ4n) is 4.36. The van der Waals surface area contributed by atoms with Gasteiger partial charge in [0, 0.05) is 42.7 Å². The van der Waals surface area contributed by atoms with E-state index in [-0.39, 0.29) is 44.3 Å². The number of nitrogens with zero attached hydrogens (tertiary/aromatic N) is 4. The van der Waals surface area contributed by atoms with Gasteiger partial charge in [0.05, 0.1) is 18.8 Å². The number of aromatic nitrogens is 3. The molecule has 7 nitrogen and oxygen atoms in total. The molecule has 9 heteroatoms. The SMILES string of the molecule is O=C(c1ccccn1)N1Cc2[nH]nc(C(=O)N3CCC(F)(c4ccc(Cl)cc4)CC3)c2C1.